The summed E-state index contributed by atoms with van der Waals surface area (Å²) in [6, 6.07) is 0. The summed E-state index contributed by atoms with van der Waals surface area (Å²) in [4.78, 5) is 4.32. The molecule has 0 radical (unpaired) electrons. The number of hydrogen-bond donors (Lipinski definition) is 1. The molecule has 15 heavy (non-hydrogen) atoms. The minimum absolute atomic E-state index is 0.202. The predicted molar refractivity (Wildman–Crippen MR) is 58.7 cm³/mol. The quantitative estimate of drug-likeness (QED) is 0.834. The van der Waals surface area contributed by atoms with Crippen LogP contribution in [0.5, 0.6) is 0 Å². The zero-order chi connectivity index (χ0) is 10.8. The Morgan fingerprint density at radius 2 is 2.27 bits per heavy atom. The van der Waals surface area contributed by atoms with Crippen molar-refractivity contribution in [2.45, 2.75) is 49.7 Å². The molecule has 0 bridgehead atoms. The number of aromatic nitrogens is 2. The first kappa shape index (κ1) is 11.0. The maximum absolute atomic E-state index is 9.32. The van der Waals surface area contributed by atoms with Gasteiger partial charge >= 0.3 is 0 Å². The summed E-state index contributed by atoms with van der Waals surface area (Å²) in [7, 11) is 0. The second kappa shape index (κ2) is 4.53. The molecule has 84 valence electrons. The lowest BCUT2D eigenvalue weighted by molar-refractivity contribution is 0.196. The Labute approximate surface area is 93.4 Å². The Balaban J connectivity index is 1.82. The van der Waals surface area contributed by atoms with Crippen LogP contribution in [0.2, 0.25) is 0 Å². The van der Waals surface area contributed by atoms with Crippen molar-refractivity contribution < 1.29 is 9.63 Å². The summed E-state index contributed by atoms with van der Waals surface area (Å²) in [5.74, 6) is 2.76. The molecule has 5 heteroatoms. The van der Waals surface area contributed by atoms with Crippen LogP contribution in [0.3, 0.4) is 0 Å². The van der Waals surface area contributed by atoms with E-state index in [-0.39, 0.29) is 11.4 Å². The predicted octanol–water partition coefficient (Wildman–Crippen LogP) is 1.95. The summed E-state index contributed by atoms with van der Waals surface area (Å²) in [6.07, 6.45) is 2.06. The minimum Gasteiger partial charge on any atom is -0.392 e. The first-order valence-electron chi connectivity index (χ1n) is 5.29. The third kappa shape index (κ3) is 2.95. The van der Waals surface area contributed by atoms with Gasteiger partial charge in [-0.25, -0.2) is 0 Å². The molecular weight excluding hydrogens is 212 g/mol. The highest BCUT2D eigenvalue weighted by Gasteiger charge is 2.29. The average Bonchev–Trinajstić information content (AvgIpc) is 2.95. The molecule has 2 unspecified atom stereocenters. The van der Waals surface area contributed by atoms with E-state index in [0.29, 0.717) is 11.7 Å². The Hall–Kier alpha value is -0.550. The van der Waals surface area contributed by atoms with E-state index in [2.05, 4.69) is 10.1 Å². The van der Waals surface area contributed by atoms with Gasteiger partial charge in [0, 0.05) is 11.2 Å². The Kier molecular flexibility index (Phi) is 3.31. The van der Waals surface area contributed by atoms with E-state index < -0.39 is 0 Å². The Morgan fingerprint density at radius 3 is 2.87 bits per heavy atom. The Morgan fingerprint density at radius 1 is 1.53 bits per heavy atom. The van der Waals surface area contributed by atoms with Crippen LogP contribution in [-0.4, -0.2) is 26.6 Å². The van der Waals surface area contributed by atoms with Crippen LogP contribution in [0.1, 0.15) is 44.3 Å². The molecule has 2 atom stereocenters. The summed E-state index contributed by atoms with van der Waals surface area (Å²) >= 11 is 1.65. The highest BCUT2D eigenvalue weighted by atomic mass is 32.2. The van der Waals surface area contributed by atoms with Crippen LogP contribution in [0.15, 0.2) is 4.52 Å². The molecular formula is C10H16N2O2S. The van der Waals surface area contributed by atoms with E-state index in [1.54, 1.807) is 18.7 Å². The fourth-order valence-electron chi connectivity index (χ4n) is 1.17. The van der Waals surface area contributed by atoms with Gasteiger partial charge in [-0.05, 0) is 19.8 Å². The number of nitrogens with zero attached hydrogens (tertiary/aromatic N) is 2. The van der Waals surface area contributed by atoms with Crippen molar-refractivity contribution in [3.8, 4) is 0 Å². The lowest BCUT2D eigenvalue weighted by Crippen LogP contribution is -2.15. The van der Waals surface area contributed by atoms with Gasteiger partial charge in [0.05, 0.1) is 11.9 Å². The normalized spacial score (nSPS) is 20.2. The molecule has 1 fully saturated rings. The van der Waals surface area contributed by atoms with Crippen LogP contribution in [0.25, 0.3) is 0 Å². The zero-order valence-corrected chi connectivity index (χ0v) is 9.83. The SMILES string of the molecule is CC(O)C(C)SCc1noc(C2CC2)n1. The van der Waals surface area contributed by atoms with Gasteiger partial charge in [0.1, 0.15) is 0 Å². The van der Waals surface area contributed by atoms with Crippen molar-refractivity contribution in [2.24, 2.45) is 0 Å². The first-order chi connectivity index (χ1) is 7.16. The number of hydrogen-bond acceptors (Lipinski definition) is 5. The van der Waals surface area contributed by atoms with Crippen LogP contribution < -0.4 is 0 Å². The van der Waals surface area contributed by atoms with Crippen molar-refractivity contribution in [3.05, 3.63) is 11.7 Å². The standard InChI is InChI=1S/C10H16N2O2S/c1-6(13)7(2)15-5-9-11-10(14-12-9)8-3-4-8/h6-8,13H,3-5H2,1-2H3. The third-order valence-corrected chi connectivity index (χ3v) is 3.91. The van der Waals surface area contributed by atoms with E-state index >= 15 is 0 Å². The van der Waals surface area contributed by atoms with Crippen LogP contribution >= 0.6 is 11.8 Å². The molecule has 1 heterocycles. The van der Waals surface area contributed by atoms with Crippen molar-refractivity contribution >= 4 is 11.8 Å². The highest BCUT2D eigenvalue weighted by molar-refractivity contribution is 7.99. The average molecular weight is 228 g/mol. The van der Waals surface area contributed by atoms with Gasteiger partial charge in [-0.15, -0.1) is 11.8 Å². The number of aliphatic hydroxyl groups is 1. The van der Waals surface area contributed by atoms with Gasteiger partial charge in [-0.3, -0.25) is 0 Å². The van der Waals surface area contributed by atoms with Gasteiger partial charge in [0.15, 0.2) is 5.82 Å². The summed E-state index contributed by atoms with van der Waals surface area (Å²) in [6.45, 7) is 3.79. The van der Waals surface area contributed by atoms with Crippen molar-refractivity contribution in [3.63, 3.8) is 0 Å². The summed E-state index contributed by atoms with van der Waals surface area (Å²) < 4.78 is 5.14. The van der Waals surface area contributed by atoms with Crippen LogP contribution in [0.4, 0.5) is 0 Å². The third-order valence-electron chi connectivity index (χ3n) is 2.57. The molecule has 1 aliphatic rings. The molecule has 2 rings (SSSR count). The van der Waals surface area contributed by atoms with Crippen molar-refractivity contribution in [2.75, 3.05) is 0 Å². The second-order valence-corrected chi connectivity index (χ2v) is 5.45. The van der Waals surface area contributed by atoms with E-state index in [1.807, 2.05) is 6.92 Å². The largest absolute Gasteiger partial charge is 0.392 e. The van der Waals surface area contributed by atoms with Gasteiger partial charge in [0.2, 0.25) is 5.89 Å². The molecule has 1 aromatic heterocycles. The molecule has 1 aromatic rings. The minimum atomic E-state index is -0.301. The van der Waals surface area contributed by atoms with Crippen molar-refractivity contribution in [1.29, 1.82) is 0 Å². The number of rotatable bonds is 5. The molecule has 0 spiro atoms. The van der Waals surface area contributed by atoms with Crippen molar-refractivity contribution in [1.82, 2.24) is 10.1 Å². The monoisotopic (exact) mass is 228 g/mol. The number of aliphatic hydroxyl groups excluding tert-OH is 1. The van der Waals surface area contributed by atoms with Gasteiger partial charge in [0.25, 0.3) is 0 Å². The van der Waals surface area contributed by atoms with E-state index in [9.17, 15) is 5.11 Å². The molecule has 0 aromatic carbocycles. The first-order valence-corrected chi connectivity index (χ1v) is 6.34. The maximum atomic E-state index is 9.32. The van der Waals surface area contributed by atoms with Gasteiger partial charge < -0.3 is 9.63 Å². The summed E-state index contributed by atoms with van der Waals surface area (Å²) in [5, 5.41) is 13.4. The fraction of sp³-hybridized carbons (Fsp3) is 0.800. The fourth-order valence-corrected chi connectivity index (χ4v) is 1.98. The molecule has 0 aliphatic heterocycles. The zero-order valence-electron chi connectivity index (χ0n) is 9.01. The molecule has 1 N–H and O–H groups in total. The van der Waals surface area contributed by atoms with E-state index in [1.165, 1.54) is 12.8 Å². The van der Waals surface area contributed by atoms with E-state index in [4.69, 9.17) is 4.52 Å². The molecule has 1 saturated carbocycles. The second-order valence-electron chi connectivity index (χ2n) is 4.08. The Bertz CT molecular complexity index is 323. The molecule has 1 aliphatic carbocycles. The summed E-state index contributed by atoms with van der Waals surface area (Å²) in [5.41, 5.74) is 0. The topological polar surface area (TPSA) is 59.2 Å². The molecule has 0 saturated heterocycles. The maximum Gasteiger partial charge on any atom is 0.229 e. The number of thioether (sulfide) groups is 1. The van der Waals surface area contributed by atoms with Crippen LogP contribution in [0, 0.1) is 0 Å². The van der Waals surface area contributed by atoms with E-state index in [0.717, 1.165) is 11.7 Å². The smallest absolute Gasteiger partial charge is 0.229 e. The molecule has 0 amide bonds. The lowest BCUT2D eigenvalue weighted by atomic mass is 10.3. The van der Waals surface area contributed by atoms with Gasteiger partial charge in [-0.1, -0.05) is 12.1 Å². The molecule has 4 nitrogen and oxygen atoms in total. The van der Waals surface area contributed by atoms with Crippen LogP contribution in [-0.2, 0) is 5.75 Å². The lowest BCUT2D eigenvalue weighted by Gasteiger charge is -2.11. The van der Waals surface area contributed by atoms with Gasteiger partial charge in [-0.2, -0.15) is 4.98 Å². The highest BCUT2D eigenvalue weighted by Crippen LogP contribution is 2.39.